The van der Waals surface area contributed by atoms with Crippen molar-refractivity contribution in [2.45, 2.75) is 5.75 Å². The van der Waals surface area contributed by atoms with Gasteiger partial charge in [-0.15, -0.1) is 0 Å². The quantitative estimate of drug-likeness (QED) is 0.859. The number of methoxy groups -OCH3 is 2. The Morgan fingerprint density at radius 2 is 1.90 bits per heavy atom. The molecule has 0 aliphatic rings. The molecular formula is C13H17N3O4S. The standard InChI is InChI=1S/C13H17N3O4S/c1-19-10-5-4-8(6-11(10)20-2)12-9(7-21(3,17)18)15-16-13(12)14/h4-6H,7H2,1-3H3,(H3,14,15,16). The minimum Gasteiger partial charge on any atom is -0.493 e. The van der Waals surface area contributed by atoms with Gasteiger partial charge in [0, 0.05) is 11.8 Å². The topological polar surface area (TPSA) is 107 Å². The number of nitrogens with one attached hydrogen (secondary N) is 1. The Morgan fingerprint density at radius 3 is 2.48 bits per heavy atom. The Labute approximate surface area is 123 Å². The number of nitrogen functional groups attached to an aromatic ring is 1. The highest BCUT2D eigenvalue weighted by molar-refractivity contribution is 7.89. The fraction of sp³-hybridized carbons (Fsp3) is 0.308. The predicted molar refractivity (Wildman–Crippen MR) is 80.1 cm³/mol. The zero-order chi connectivity index (χ0) is 15.6. The number of nitrogens with zero attached hydrogens (tertiary/aromatic N) is 1. The molecule has 0 aliphatic heterocycles. The van der Waals surface area contributed by atoms with Gasteiger partial charge >= 0.3 is 0 Å². The maximum Gasteiger partial charge on any atom is 0.161 e. The fourth-order valence-electron chi connectivity index (χ4n) is 2.07. The number of nitrogens with two attached hydrogens (primary N) is 1. The van der Waals surface area contributed by atoms with Crippen molar-refractivity contribution in [3.63, 3.8) is 0 Å². The molecule has 2 aromatic rings. The number of aromatic nitrogens is 2. The van der Waals surface area contributed by atoms with Gasteiger partial charge in [-0.25, -0.2) is 8.42 Å². The van der Waals surface area contributed by atoms with E-state index in [1.807, 2.05) is 0 Å². The molecule has 2 rings (SSSR count). The van der Waals surface area contributed by atoms with Crippen molar-refractivity contribution < 1.29 is 17.9 Å². The molecular weight excluding hydrogens is 294 g/mol. The third-order valence-corrected chi connectivity index (χ3v) is 3.76. The summed E-state index contributed by atoms with van der Waals surface area (Å²) in [6, 6.07) is 5.23. The lowest BCUT2D eigenvalue weighted by atomic mass is 10.1. The monoisotopic (exact) mass is 311 g/mol. The fourth-order valence-corrected chi connectivity index (χ4v) is 2.81. The molecule has 0 saturated carbocycles. The lowest BCUT2D eigenvalue weighted by Crippen LogP contribution is -2.02. The number of ether oxygens (including phenoxy) is 2. The molecule has 0 atom stereocenters. The van der Waals surface area contributed by atoms with Crippen molar-refractivity contribution in [3.05, 3.63) is 23.9 Å². The van der Waals surface area contributed by atoms with Crippen LogP contribution in [-0.2, 0) is 15.6 Å². The average Bonchev–Trinajstić information content (AvgIpc) is 2.76. The summed E-state index contributed by atoms with van der Waals surface area (Å²) in [5, 5.41) is 6.56. The SMILES string of the molecule is COc1ccc(-c2c(N)n[nH]c2CS(C)(=O)=O)cc1OC. The largest absolute Gasteiger partial charge is 0.493 e. The number of benzene rings is 1. The van der Waals surface area contributed by atoms with Crippen molar-refractivity contribution >= 4 is 15.7 Å². The van der Waals surface area contributed by atoms with Crippen molar-refractivity contribution in [1.29, 1.82) is 0 Å². The van der Waals surface area contributed by atoms with E-state index in [0.717, 1.165) is 6.26 Å². The van der Waals surface area contributed by atoms with Crippen LogP contribution in [0.25, 0.3) is 11.1 Å². The molecule has 0 spiro atoms. The molecule has 114 valence electrons. The van der Waals surface area contributed by atoms with Crippen LogP contribution in [0.3, 0.4) is 0 Å². The van der Waals surface area contributed by atoms with Crippen LogP contribution in [0.1, 0.15) is 5.69 Å². The summed E-state index contributed by atoms with van der Waals surface area (Å²) in [6.07, 6.45) is 1.16. The van der Waals surface area contributed by atoms with E-state index in [2.05, 4.69) is 10.2 Å². The number of sulfone groups is 1. The van der Waals surface area contributed by atoms with Crippen molar-refractivity contribution in [3.8, 4) is 22.6 Å². The Morgan fingerprint density at radius 1 is 1.24 bits per heavy atom. The number of aromatic amines is 1. The highest BCUT2D eigenvalue weighted by Gasteiger charge is 2.18. The summed E-state index contributed by atoms with van der Waals surface area (Å²) >= 11 is 0. The molecule has 0 aliphatic carbocycles. The van der Waals surface area contributed by atoms with Crippen LogP contribution in [0.5, 0.6) is 11.5 Å². The molecule has 1 aromatic heterocycles. The van der Waals surface area contributed by atoms with Gasteiger partial charge in [0.2, 0.25) is 0 Å². The van der Waals surface area contributed by atoms with Gasteiger partial charge in [-0.2, -0.15) is 5.10 Å². The van der Waals surface area contributed by atoms with E-state index in [1.54, 1.807) is 25.3 Å². The molecule has 0 radical (unpaired) electrons. The minimum atomic E-state index is -3.21. The molecule has 7 nitrogen and oxygen atoms in total. The van der Waals surface area contributed by atoms with Gasteiger partial charge in [-0.3, -0.25) is 5.10 Å². The lowest BCUT2D eigenvalue weighted by molar-refractivity contribution is 0.355. The Bertz CT molecular complexity index is 753. The third kappa shape index (κ3) is 3.27. The van der Waals surface area contributed by atoms with E-state index in [4.69, 9.17) is 15.2 Å². The van der Waals surface area contributed by atoms with Crippen LogP contribution in [0.2, 0.25) is 0 Å². The number of rotatable bonds is 5. The first-order valence-corrected chi connectivity index (χ1v) is 8.14. The average molecular weight is 311 g/mol. The number of H-pyrrole nitrogens is 1. The second kappa shape index (κ2) is 5.65. The van der Waals surface area contributed by atoms with Gasteiger partial charge in [-0.1, -0.05) is 6.07 Å². The summed E-state index contributed by atoms with van der Waals surface area (Å²) in [4.78, 5) is 0. The number of anilines is 1. The highest BCUT2D eigenvalue weighted by Crippen LogP contribution is 2.35. The van der Waals surface area contributed by atoms with E-state index in [-0.39, 0.29) is 11.6 Å². The zero-order valence-corrected chi connectivity index (χ0v) is 12.8. The van der Waals surface area contributed by atoms with Gasteiger partial charge in [0.25, 0.3) is 0 Å². The number of hydrogen-bond donors (Lipinski definition) is 2. The van der Waals surface area contributed by atoms with Crippen molar-refractivity contribution in [1.82, 2.24) is 10.2 Å². The van der Waals surface area contributed by atoms with E-state index in [9.17, 15) is 8.42 Å². The Kier molecular flexibility index (Phi) is 4.08. The lowest BCUT2D eigenvalue weighted by Gasteiger charge is -2.10. The van der Waals surface area contributed by atoms with Gasteiger partial charge in [0.1, 0.15) is 0 Å². The summed E-state index contributed by atoms with van der Waals surface area (Å²) < 4.78 is 33.4. The van der Waals surface area contributed by atoms with Gasteiger partial charge in [0.05, 0.1) is 25.7 Å². The van der Waals surface area contributed by atoms with Crippen LogP contribution in [-0.4, -0.2) is 39.1 Å². The van der Waals surface area contributed by atoms with Crippen LogP contribution in [0.15, 0.2) is 18.2 Å². The molecule has 21 heavy (non-hydrogen) atoms. The molecule has 0 bridgehead atoms. The summed E-state index contributed by atoms with van der Waals surface area (Å²) in [5.74, 6) is 1.18. The Balaban J connectivity index is 2.54. The molecule has 0 amide bonds. The van der Waals surface area contributed by atoms with Crippen LogP contribution >= 0.6 is 0 Å². The van der Waals surface area contributed by atoms with Crippen LogP contribution in [0, 0.1) is 0 Å². The third-order valence-electron chi connectivity index (χ3n) is 2.95. The molecule has 0 saturated heterocycles. The van der Waals surface area contributed by atoms with E-state index >= 15 is 0 Å². The van der Waals surface area contributed by atoms with Crippen LogP contribution in [0.4, 0.5) is 5.82 Å². The van der Waals surface area contributed by atoms with Crippen LogP contribution < -0.4 is 15.2 Å². The second-order valence-electron chi connectivity index (χ2n) is 4.60. The molecule has 1 aromatic carbocycles. The molecule has 3 N–H and O–H groups in total. The first-order valence-electron chi connectivity index (χ1n) is 6.08. The van der Waals surface area contributed by atoms with Gasteiger partial charge in [-0.05, 0) is 17.7 Å². The summed E-state index contributed by atoms with van der Waals surface area (Å²) in [5.41, 5.74) is 7.55. The highest BCUT2D eigenvalue weighted by atomic mass is 32.2. The van der Waals surface area contributed by atoms with E-state index in [0.29, 0.717) is 28.3 Å². The summed E-state index contributed by atoms with van der Waals surface area (Å²) in [6.45, 7) is 0. The molecule has 1 heterocycles. The maximum absolute atomic E-state index is 11.5. The zero-order valence-electron chi connectivity index (χ0n) is 12.0. The van der Waals surface area contributed by atoms with E-state index in [1.165, 1.54) is 7.11 Å². The van der Waals surface area contributed by atoms with Crippen molar-refractivity contribution in [2.24, 2.45) is 0 Å². The molecule has 0 fully saturated rings. The second-order valence-corrected chi connectivity index (χ2v) is 6.74. The predicted octanol–water partition coefficient (Wildman–Crippen LogP) is 1.22. The van der Waals surface area contributed by atoms with Crippen molar-refractivity contribution in [2.75, 3.05) is 26.2 Å². The molecule has 0 unspecified atom stereocenters. The van der Waals surface area contributed by atoms with Gasteiger partial charge in [0.15, 0.2) is 27.2 Å². The normalized spacial score (nSPS) is 11.4. The first-order chi connectivity index (χ1) is 9.85. The molecule has 8 heteroatoms. The van der Waals surface area contributed by atoms with E-state index < -0.39 is 9.84 Å². The minimum absolute atomic E-state index is 0.166. The number of hydrogen-bond acceptors (Lipinski definition) is 6. The maximum atomic E-state index is 11.5. The summed E-state index contributed by atoms with van der Waals surface area (Å²) in [7, 11) is -0.140. The smallest absolute Gasteiger partial charge is 0.161 e. The first kappa shape index (κ1) is 15.2. The van der Waals surface area contributed by atoms with Gasteiger partial charge < -0.3 is 15.2 Å². The Hall–Kier alpha value is -2.22.